The average Bonchev–Trinajstić information content (AvgIpc) is 2.40. The van der Waals surface area contributed by atoms with E-state index in [1.165, 1.54) is 12.1 Å². The highest BCUT2D eigenvalue weighted by Gasteiger charge is 2.19. The van der Waals surface area contributed by atoms with Gasteiger partial charge in [-0.2, -0.15) is 0 Å². The highest BCUT2D eigenvalue weighted by Crippen LogP contribution is 2.26. The second kappa shape index (κ2) is 5.71. The van der Waals surface area contributed by atoms with Gasteiger partial charge in [0.05, 0.1) is 21.6 Å². The summed E-state index contributed by atoms with van der Waals surface area (Å²) in [6, 6.07) is 4.51. The maximum atomic E-state index is 13.6. The lowest BCUT2D eigenvalue weighted by Gasteiger charge is -2.08. The molecule has 0 unspecified atom stereocenters. The molecule has 2 rings (SSSR count). The number of anilines is 1. The summed E-state index contributed by atoms with van der Waals surface area (Å²) in [6.45, 7) is 0. The first-order valence-electron chi connectivity index (χ1n) is 5.49. The van der Waals surface area contributed by atoms with Gasteiger partial charge in [-0.15, -0.1) is 0 Å². The van der Waals surface area contributed by atoms with Crippen molar-refractivity contribution in [2.75, 3.05) is 5.32 Å². The van der Waals surface area contributed by atoms with Crippen LogP contribution in [-0.2, 0) is 0 Å². The van der Waals surface area contributed by atoms with Crippen molar-refractivity contribution in [1.29, 1.82) is 0 Å². The number of hydrogen-bond acceptors (Lipinski definition) is 5. The van der Waals surface area contributed by atoms with Gasteiger partial charge in [-0.05, 0) is 12.1 Å². The van der Waals surface area contributed by atoms with Gasteiger partial charge < -0.3 is 10.4 Å². The van der Waals surface area contributed by atoms with Crippen LogP contribution >= 0.6 is 11.6 Å². The normalized spacial score (nSPS) is 10.2. The Morgan fingerprint density at radius 2 is 2.19 bits per heavy atom. The summed E-state index contributed by atoms with van der Waals surface area (Å²) < 4.78 is 13.6. The number of carbonyl (C=O) groups is 1. The van der Waals surface area contributed by atoms with Crippen LogP contribution in [0.2, 0.25) is 5.02 Å². The fraction of sp³-hybridized carbons (Fsp3) is 0. The first-order valence-corrected chi connectivity index (χ1v) is 5.86. The number of aromatic nitrogens is 1. The van der Waals surface area contributed by atoms with Crippen LogP contribution in [0.1, 0.15) is 10.4 Å². The summed E-state index contributed by atoms with van der Waals surface area (Å²) in [6.07, 6.45) is 0.846. The van der Waals surface area contributed by atoms with E-state index < -0.39 is 33.6 Å². The number of nitro groups is 1. The quantitative estimate of drug-likeness (QED) is 0.669. The van der Waals surface area contributed by atoms with E-state index in [0.29, 0.717) is 0 Å². The van der Waals surface area contributed by atoms with E-state index in [2.05, 4.69) is 10.3 Å². The highest BCUT2D eigenvalue weighted by molar-refractivity contribution is 6.34. The Morgan fingerprint density at radius 1 is 1.48 bits per heavy atom. The van der Waals surface area contributed by atoms with Crippen molar-refractivity contribution < 1.29 is 19.2 Å². The van der Waals surface area contributed by atoms with E-state index in [0.717, 1.165) is 18.3 Å². The Kier molecular flexibility index (Phi) is 3.99. The molecule has 2 N–H and O–H groups in total. The number of carbonyl (C=O) groups excluding carboxylic acids is 1. The van der Waals surface area contributed by atoms with Crippen LogP contribution in [0.5, 0.6) is 5.75 Å². The Morgan fingerprint density at radius 3 is 2.76 bits per heavy atom. The second-order valence-corrected chi connectivity index (χ2v) is 4.28. The highest BCUT2D eigenvalue weighted by atomic mass is 35.5. The lowest BCUT2D eigenvalue weighted by atomic mass is 10.2. The molecule has 0 aliphatic rings. The van der Waals surface area contributed by atoms with E-state index in [-0.39, 0.29) is 10.8 Å². The van der Waals surface area contributed by atoms with E-state index in [9.17, 15) is 24.4 Å². The van der Waals surface area contributed by atoms with Crippen LogP contribution in [-0.4, -0.2) is 20.9 Å². The maximum Gasteiger partial charge on any atom is 0.291 e. The van der Waals surface area contributed by atoms with Gasteiger partial charge in [-0.3, -0.25) is 14.9 Å². The number of aromatic hydroxyl groups is 1. The predicted molar refractivity (Wildman–Crippen MR) is 71.9 cm³/mol. The van der Waals surface area contributed by atoms with Gasteiger partial charge in [0, 0.05) is 0 Å². The zero-order valence-corrected chi connectivity index (χ0v) is 11.0. The Balaban J connectivity index is 2.30. The van der Waals surface area contributed by atoms with E-state index in [1.807, 2.05) is 0 Å². The second-order valence-electron chi connectivity index (χ2n) is 3.87. The van der Waals surface area contributed by atoms with Gasteiger partial charge in [0.15, 0.2) is 11.6 Å². The number of hydrogen-bond donors (Lipinski definition) is 2. The molecule has 21 heavy (non-hydrogen) atoms. The van der Waals surface area contributed by atoms with Gasteiger partial charge in [-0.1, -0.05) is 17.7 Å². The Hall–Kier alpha value is -2.74. The predicted octanol–water partition coefficient (Wildman–Crippen LogP) is 2.74. The molecule has 0 saturated heterocycles. The third-order valence-corrected chi connectivity index (χ3v) is 2.80. The van der Waals surface area contributed by atoms with Crippen LogP contribution < -0.4 is 5.32 Å². The van der Waals surface area contributed by atoms with Crippen LogP contribution in [0.15, 0.2) is 30.5 Å². The largest absolute Gasteiger partial charge is 0.504 e. The van der Waals surface area contributed by atoms with Crippen molar-refractivity contribution in [1.82, 2.24) is 4.98 Å². The van der Waals surface area contributed by atoms with Crippen molar-refractivity contribution in [3.8, 4) is 5.75 Å². The van der Waals surface area contributed by atoms with Crippen molar-refractivity contribution >= 4 is 29.0 Å². The summed E-state index contributed by atoms with van der Waals surface area (Å²) in [4.78, 5) is 25.2. The summed E-state index contributed by atoms with van der Waals surface area (Å²) in [5.74, 6) is -2.74. The molecule has 2 aromatic rings. The van der Waals surface area contributed by atoms with Gasteiger partial charge in [-0.25, -0.2) is 9.37 Å². The smallest absolute Gasteiger partial charge is 0.291 e. The number of benzene rings is 1. The summed E-state index contributed by atoms with van der Waals surface area (Å²) >= 11 is 5.72. The molecular formula is C12H7ClFN3O4. The minimum Gasteiger partial charge on any atom is -0.504 e. The first-order chi connectivity index (χ1) is 9.90. The topological polar surface area (TPSA) is 105 Å². The molecule has 9 heteroatoms. The minimum absolute atomic E-state index is 0.117. The van der Waals surface area contributed by atoms with Crippen molar-refractivity contribution in [2.24, 2.45) is 0 Å². The van der Waals surface area contributed by atoms with Gasteiger partial charge in [0.1, 0.15) is 12.0 Å². The zero-order valence-electron chi connectivity index (χ0n) is 10.2. The SMILES string of the molecule is O=C(Nc1ncc([N+](=O)[O-])cc1O)c1c(F)cccc1Cl. The molecule has 1 aromatic carbocycles. The molecule has 0 aliphatic carbocycles. The molecule has 1 amide bonds. The number of rotatable bonds is 3. The standard InChI is InChI=1S/C12H7ClFN3O4/c13-7-2-1-3-8(14)10(7)12(19)16-11-9(18)4-6(5-15-11)17(20)21/h1-5,18H,(H,15,16,19). The molecule has 0 spiro atoms. The molecule has 108 valence electrons. The molecule has 1 aromatic heterocycles. The van der Waals surface area contributed by atoms with E-state index in [1.54, 1.807) is 0 Å². The molecule has 0 atom stereocenters. The fourth-order valence-corrected chi connectivity index (χ4v) is 1.77. The van der Waals surface area contributed by atoms with Crippen molar-refractivity contribution in [2.45, 2.75) is 0 Å². The third kappa shape index (κ3) is 3.06. The van der Waals surface area contributed by atoms with Crippen molar-refractivity contribution in [3.63, 3.8) is 0 Å². The van der Waals surface area contributed by atoms with Crippen LogP contribution in [0, 0.1) is 15.9 Å². The first kappa shape index (κ1) is 14.7. The molecule has 7 nitrogen and oxygen atoms in total. The summed E-state index contributed by atoms with van der Waals surface area (Å²) in [5, 5.41) is 22.1. The molecule has 0 radical (unpaired) electrons. The molecule has 0 bridgehead atoms. The van der Waals surface area contributed by atoms with E-state index in [4.69, 9.17) is 11.6 Å². The number of amides is 1. The van der Waals surface area contributed by atoms with Gasteiger partial charge >= 0.3 is 0 Å². The summed E-state index contributed by atoms with van der Waals surface area (Å²) in [7, 11) is 0. The maximum absolute atomic E-state index is 13.6. The monoisotopic (exact) mass is 311 g/mol. The fourth-order valence-electron chi connectivity index (χ4n) is 1.52. The number of nitrogens with zero attached hydrogens (tertiary/aromatic N) is 2. The number of halogens is 2. The zero-order chi connectivity index (χ0) is 15.6. The third-order valence-electron chi connectivity index (χ3n) is 2.49. The molecule has 0 saturated carbocycles. The lowest BCUT2D eigenvalue weighted by Crippen LogP contribution is -2.15. The molecule has 1 heterocycles. The number of pyridine rings is 1. The lowest BCUT2D eigenvalue weighted by molar-refractivity contribution is -0.385. The van der Waals surface area contributed by atoms with Gasteiger partial charge in [0.2, 0.25) is 0 Å². The molecule has 0 fully saturated rings. The van der Waals surface area contributed by atoms with Crippen LogP contribution in [0.3, 0.4) is 0 Å². The minimum atomic E-state index is -0.935. The van der Waals surface area contributed by atoms with E-state index >= 15 is 0 Å². The van der Waals surface area contributed by atoms with Crippen LogP contribution in [0.25, 0.3) is 0 Å². The van der Waals surface area contributed by atoms with Crippen LogP contribution in [0.4, 0.5) is 15.9 Å². The Labute approximate surface area is 122 Å². The summed E-state index contributed by atoms with van der Waals surface area (Å²) in [5.41, 5.74) is -0.867. The molecular weight excluding hydrogens is 305 g/mol. The Bertz CT molecular complexity index is 718. The van der Waals surface area contributed by atoms with Gasteiger partial charge in [0.25, 0.3) is 11.6 Å². The molecule has 0 aliphatic heterocycles. The number of nitrogens with one attached hydrogen (secondary N) is 1. The average molecular weight is 312 g/mol. The van der Waals surface area contributed by atoms with Crippen molar-refractivity contribution in [3.05, 3.63) is 57.0 Å².